The first-order valence-corrected chi connectivity index (χ1v) is 9.27. The largest absolute Gasteiger partial charge is 0.513 e. The maximum atomic E-state index is 10.9. The van der Waals surface area contributed by atoms with Crippen LogP contribution in [0, 0.1) is 0 Å². The molecule has 8 heteroatoms. The summed E-state index contributed by atoms with van der Waals surface area (Å²) in [5, 5.41) is 0. The third-order valence-corrected chi connectivity index (χ3v) is 3.79. The second-order valence-electron chi connectivity index (χ2n) is 5.45. The molecule has 0 unspecified atom stereocenters. The van der Waals surface area contributed by atoms with E-state index in [1.54, 1.807) is 6.92 Å². The first kappa shape index (κ1) is 21.6. The molecular formula is C18H23NO6S. The fraction of sp³-hybridized carbons (Fsp3) is 0.278. The lowest BCUT2D eigenvalue weighted by atomic mass is 10.2. The average molecular weight is 381 g/mol. The van der Waals surface area contributed by atoms with Gasteiger partial charge in [-0.1, -0.05) is 30.3 Å². The van der Waals surface area contributed by atoms with Gasteiger partial charge in [0.2, 0.25) is 0 Å². The minimum atomic E-state index is -4.23. The standard InChI is InChI=1S/C9H13N.C9H10O6S/c1-10(2)8-9-6-4-3-5-7-9;1-2-14-9(10)15-7-3-5-8(6-4-7)16(11,12)13/h3-7H,8H2,1-2H3;3-6H,2H2,1H3,(H,11,12,13). The molecule has 0 bridgehead atoms. The van der Waals surface area contributed by atoms with Crippen LogP contribution in [0.25, 0.3) is 0 Å². The highest BCUT2D eigenvalue weighted by Crippen LogP contribution is 2.16. The number of benzene rings is 2. The Morgan fingerprint density at radius 3 is 2.08 bits per heavy atom. The molecule has 2 rings (SSSR count). The lowest BCUT2D eigenvalue weighted by Gasteiger charge is -2.08. The van der Waals surface area contributed by atoms with Crippen molar-refractivity contribution in [3.8, 4) is 5.75 Å². The Hall–Kier alpha value is -2.42. The average Bonchev–Trinajstić information content (AvgIpc) is 2.55. The zero-order valence-electron chi connectivity index (χ0n) is 15.0. The van der Waals surface area contributed by atoms with Crippen molar-refractivity contribution >= 4 is 16.3 Å². The van der Waals surface area contributed by atoms with Crippen LogP contribution in [0.1, 0.15) is 12.5 Å². The van der Waals surface area contributed by atoms with E-state index >= 15 is 0 Å². The quantitative estimate of drug-likeness (QED) is 0.483. The van der Waals surface area contributed by atoms with E-state index in [1.165, 1.54) is 17.7 Å². The van der Waals surface area contributed by atoms with Crippen molar-refractivity contribution in [3.05, 3.63) is 60.2 Å². The van der Waals surface area contributed by atoms with Crippen molar-refractivity contribution in [2.75, 3.05) is 20.7 Å². The molecule has 7 nitrogen and oxygen atoms in total. The minimum Gasteiger partial charge on any atom is -0.434 e. The minimum absolute atomic E-state index is 0.130. The van der Waals surface area contributed by atoms with E-state index in [-0.39, 0.29) is 17.3 Å². The molecule has 1 N–H and O–H groups in total. The zero-order chi connectivity index (χ0) is 19.6. The molecule has 0 saturated carbocycles. The molecule has 0 aliphatic rings. The Labute approximate surface area is 153 Å². The molecule has 0 atom stereocenters. The predicted octanol–water partition coefficient (Wildman–Crippen LogP) is 3.22. The van der Waals surface area contributed by atoms with E-state index in [0.29, 0.717) is 0 Å². The number of nitrogens with zero attached hydrogens (tertiary/aromatic N) is 1. The summed E-state index contributed by atoms with van der Waals surface area (Å²) in [4.78, 5) is 12.8. The molecule has 0 saturated heterocycles. The summed E-state index contributed by atoms with van der Waals surface area (Å²) in [7, 11) is -0.0772. The predicted molar refractivity (Wildman–Crippen MR) is 97.7 cm³/mol. The Kier molecular flexibility index (Phi) is 8.77. The van der Waals surface area contributed by atoms with Gasteiger partial charge in [0.1, 0.15) is 5.75 Å². The summed E-state index contributed by atoms with van der Waals surface area (Å²) in [6.07, 6.45) is -0.873. The summed E-state index contributed by atoms with van der Waals surface area (Å²) in [5.74, 6) is 0.130. The number of rotatable bonds is 5. The van der Waals surface area contributed by atoms with Crippen LogP contribution in [0.5, 0.6) is 5.75 Å². The first-order chi connectivity index (χ1) is 12.2. The second-order valence-corrected chi connectivity index (χ2v) is 6.88. The van der Waals surface area contributed by atoms with Gasteiger partial charge in [-0.25, -0.2) is 4.79 Å². The van der Waals surface area contributed by atoms with Gasteiger partial charge in [-0.2, -0.15) is 8.42 Å². The highest BCUT2D eigenvalue weighted by Gasteiger charge is 2.10. The van der Waals surface area contributed by atoms with E-state index in [0.717, 1.165) is 18.7 Å². The van der Waals surface area contributed by atoms with Crippen LogP contribution in [0.3, 0.4) is 0 Å². The fourth-order valence-corrected chi connectivity index (χ4v) is 2.35. The van der Waals surface area contributed by atoms with Crippen LogP contribution in [0.4, 0.5) is 4.79 Å². The van der Waals surface area contributed by atoms with Crippen molar-refractivity contribution in [2.24, 2.45) is 0 Å². The highest BCUT2D eigenvalue weighted by atomic mass is 32.2. The van der Waals surface area contributed by atoms with Crippen LogP contribution in [0.2, 0.25) is 0 Å². The summed E-state index contributed by atoms with van der Waals surface area (Å²) < 4.78 is 39.3. The van der Waals surface area contributed by atoms with Gasteiger partial charge in [0.05, 0.1) is 11.5 Å². The van der Waals surface area contributed by atoms with E-state index < -0.39 is 16.3 Å². The summed E-state index contributed by atoms with van der Waals surface area (Å²) >= 11 is 0. The Morgan fingerprint density at radius 1 is 1.04 bits per heavy atom. The topological polar surface area (TPSA) is 93.1 Å². The molecule has 0 aliphatic heterocycles. The molecule has 142 valence electrons. The summed E-state index contributed by atoms with van der Waals surface area (Å²) in [6.45, 7) is 2.84. The van der Waals surface area contributed by atoms with Crippen LogP contribution >= 0.6 is 0 Å². The van der Waals surface area contributed by atoms with Crippen molar-refractivity contribution in [1.82, 2.24) is 4.90 Å². The molecule has 0 fully saturated rings. The first-order valence-electron chi connectivity index (χ1n) is 7.83. The summed E-state index contributed by atoms with van der Waals surface area (Å²) in [6, 6.07) is 15.2. The number of hydrogen-bond acceptors (Lipinski definition) is 6. The lowest BCUT2D eigenvalue weighted by Crippen LogP contribution is -2.10. The molecule has 0 heterocycles. The van der Waals surface area contributed by atoms with Gasteiger partial charge in [0.25, 0.3) is 10.1 Å². The van der Waals surface area contributed by atoms with Gasteiger partial charge >= 0.3 is 6.16 Å². The smallest absolute Gasteiger partial charge is 0.434 e. The third kappa shape index (κ3) is 8.61. The van der Waals surface area contributed by atoms with E-state index in [9.17, 15) is 13.2 Å². The number of carbonyl (C=O) groups excluding carboxylic acids is 1. The maximum Gasteiger partial charge on any atom is 0.513 e. The molecule has 0 amide bonds. The Bertz CT molecular complexity index is 773. The number of ether oxygens (including phenoxy) is 2. The maximum absolute atomic E-state index is 10.9. The zero-order valence-corrected chi connectivity index (χ0v) is 15.8. The van der Waals surface area contributed by atoms with Gasteiger partial charge in [-0.3, -0.25) is 4.55 Å². The number of hydrogen-bond donors (Lipinski definition) is 1. The monoisotopic (exact) mass is 381 g/mol. The van der Waals surface area contributed by atoms with Gasteiger partial charge in [0, 0.05) is 6.54 Å². The number of carbonyl (C=O) groups is 1. The molecule has 0 radical (unpaired) electrons. The van der Waals surface area contributed by atoms with Crippen LogP contribution < -0.4 is 4.74 Å². The van der Waals surface area contributed by atoms with Gasteiger partial charge in [-0.05, 0) is 50.8 Å². The Morgan fingerprint density at radius 2 is 1.62 bits per heavy atom. The highest BCUT2D eigenvalue weighted by molar-refractivity contribution is 7.85. The normalized spacial score (nSPS) is 10.7. The lowest BCUT2D eigenvalue weighted by molar-refractivity contribution is 0.104. The van der Waals surface area contributed by atoms with Crippen molar-refractivity contribution < 1.29 is 27.2 Å². The second kappa shape index (κ2) is 10.5. The van der Waals surface area contributed by atoms with Gasteiger partial charge in [-0.15, -0.1) is 0 Å². The summed E-state index contributed by atoms with van der Waals surface area (Å²) in [5.41, 5.74) is 1.37. The SMILES string of the molecule is CCOC(=O)Oc1ccc(S(=O)(=O)O)cc1.CN(C)Cc1ccccc1. The van der Waals surface area contributed by atoms with E-state index in [1.807, 2.05) is 6.07 Å². The van der Waals surface area contributed by atoms with E-state index in [2.05, 4.69) is 52.7 Å². The molecule has 2 aromatic carbocycles. The fourth-order valence-electron chi connectivity index (χ4n) is 1.87. The molecule has 0 spiro atoms. The van der Waals surface area contributed by atoms with Crippen LogP contribution in [-0.2, 0) is 21.4 Å². The molecule has 26 heavy (non-hydrogen) atoms. The van der Waals surface area contributed by atoms with Crippen molar-refractivity contribution in [2.45, 2.75) is 18.4 Å². The third-order valence-electron chi connectivity index (χ3n) is 2.93. The van der Waals surface area contributed by atoms with Gasteiger partial charge < -0.3 is 14.4 Å². The molecule has 2 aromatic rings. The van der Waals surface area contributed by atoms with Gasteiger partial charge in [0.15, 0.2) is 0 Å². The molecule has 0 aliphatic carbocycles. The van der Waals surface area contributed by atoms with Crippen LogP contribution in [-0.4, -0.2) is 44.7 Å². The van der Waals surface area contributed by atoms with Crippen molar-refractivity contribution in [1.29, 1.82) is 0 Å². The Balaban J connectivity index is 0.000000289. The van der Waals surface area contributed by atoms with Crippen molar-refractivity contribution in [3.63, 3.8) is 0 Å². The molecule has 0 aromatic heterocycles. The van der Waals surface area contributed by atoms with Crippen LogP contribution in [0.15, 0.2) is 59.5 Å². The molecular weight excluding hydrogens is 358 g/mol. The van der Waals surface area contributed by atoms with E-state index in [4.69, 9.17) is 4.55 Å².